The Hall–Kier alpha value is -6.46. The fourth-order valence-electron chi connectivity index (χ4n) is 15.7. The molecule has 23 nitrogen and oxygen atoms in total. The number of ketones is 2. The van der Waals surface area contributed by atoms with Gasteiger partial charge in [0.2, 0.25) is 29.5 Å². The molecule has 1 aliphatic heterocycles. The van der Waals surface area contributed by atoms with E-state index < -0.39 is 78.5 Å². The highest BCUT2D eigenvalue weighted by Gasteiger charge is 2.59. The summed E-state index contributed by atoms with van der Waals surface area (Å²) in [4.78, 5) is 122. The fourth-order valence-corrected chi connectivity index (χ4v) is 15.7. The molecule has 0 bridgehead atoms. The van der Waals surface area contributed by atoms with E-state index in [0.717, 1.165) is 55.3 Å². The van der Waals surface area contributed by atoms with Crippen molar-refractivity contribution in [3.05, 3.63) is 47.5 Å². The number of nitrogens with one attached hydrogen (secondary N) is 6. The van der Waals surface area contributed by atoms with Crippen LogP contribution in [0.5, 0.6) is 0 Å². The molecule has 0 radical (unpaired) electrons. The van der Waals surface area contributed by atoms with Crippen molar-refractivity contribution in [2.24, 2.45) is 68.7 Å². The molecule has 11 N–H and O–H groups in total. The van der Waals surface area contributed by atoms with Gasteiger partial charge in [0.1, 0.15) is 24.0 Å². The number of allylic oxidation sites excluding steroid dienone is 1. The van der Waals surface area contributed by atoms with Crippen molar-refractivity contribution >= 4 is 59.1 Å². The summed E-state index contributed by atoms with van der Waals surface area (Å²) in [6, 6.07) is 4.75. The Balaban J connectivity index is 0.812. The van der Waals surface area contributed by atoms with Crippen LogP contribution >= 0.6 is 0 Å². The van der Waals surface area contributed by atoms with Gasteiger partial charge in [0, 0.05) is 64.1 Å². The van der Waals surface area contributed by atoms with Crippen LogP contribution in [0.2, 0.25) is 0 Å². The molecule has 6 rings (SSSR count). The van der Waals surface area contributed by atoms with Crippen molar-refractivity contribution in [3.63, 3.8) is 0 Å². The van der Waals surface area contributed by atoms with Gasteiger partial charge in [-0.05, 0) is 123 Å². The van der Waals surface area contributed by atoms with Gasteiger partial charge in [0.05, 0.1) is 58.6 Å². The van der Waals surface area contributed by atoms with Crippen molar-refractivity contribution < 1.29 is 67.2 Å². The molecule has 0 spiro atoms. The van der Waals surface area contributed by atoms with E-state index in [4.69, 9.17) is 30.4 Å². The number of carbonyl (C=O) groups excluding carboxylic acids is 8. The number of aliphatic imine (C=N–C) groups is 1. The number of carboxylic acids is 1. The molecule has 23 heteroatoms. The van der Waals surface area contributed by atoms with E-state index in [2.05, 4.69) is 77.6 Å². The summed E-state index contributed by atoms with van der Waals surface area (Å²) in [5.74, 6) is -1.57. The SMILES string of the molecule is CCC(CC)CC[C@@H](C)C1CC[C@H]2[C@@H]3CC=C4C[C@@H](OC(=O)NCCOCCNC(=O)CCOCCOCCC(=O)CCCCC[C@@H]5NC(=O)[C@@H](Cc6ccccc6)NC(=O)[C@@H](CC(=O)O)NC(=O)CNC(=O)[C@H](CCCN=C(N)N)CC5=O)CC[C@]4(C)[C@H]3CC[C@]12C. The van der Waals surface area contributed by atoms with Crippen molar-refractivity contribution in [2.75, 3.05) is 65.8 Å². The van der Waals surface area contributed by atoms with E-state index in [1.165, 1.54) is 56.9 Å². The zero-order valence-electron chi connectivity index (χ0n) is 56.2. The molecule has 12 atom stereocenters. The van der Waals surface area contributed by atoms with Crippen LogP contribution in [0.1, 0.15) is 188 Å². The largest absolute Gasteiger partial charge is 0.481 e. The molecule has 4 fully saturated rings. The Morgan fingerprint density at radius 2 is 1.42 bits per heavy atom. The molecule has 1 heterocycles. The number of carbonyl (C=O) groups is 9. The summed E-state index contributed by atoms with van der Waals surface area (Å²) in [6.07, 6.45) is 18.1. The molecule has 1 aromatic rings. The third-order valence-corrected chi connectivity index (χ3v) is 21.1. The first kappa shape index (κ1) is 75.6. The van der Waals surface area contributed by atoms with Gasteiger partial charge in [-0.15, -0.1) is 0 Å². The summed E-state index contributed by atoms with van der Waals surface area (Å²) < 4.78 is 22.8. The fraction of sp³-hybridized carbons (Fsp3) is 0.743. The molecule has 1 aromatic carbocycles. The minimum Gasteiger partial charge on any atom is -0.481 e. The molecule has 4 aliphatic carbocycles. The van der Waals surface area contributed by atoms with Gasteiger partial charge in [-0.1, -0.05) is 115 Å². The van der Waals surface area contributed by atoms with E-state index in [1.807, 2.05) is 0 Å². The number of ether oxygens (including phenoxy) is 4. The molecule has 93 heavy (non-hydrogen) atoms. The Kier molecular flexibility index (Phi) is 31.5. The molecule has 5 aliphatic rings. The third kappa shape index (κ3) is 24.1. The highest BCUT2D eigenvalue weighted by atomic mass is 16.6. The van der Waals surface area contributed by atoms with E-state index in [0.29, 0.717) is 55.7 Å². The minimum atomic E-state index is -1.60. The number of alkyl carbamates (subject to hydrolysis) is 1. The van der Waals surface area contributed by atoms with Crippen LogP contribution in [-0.4, -0.2) is 154 Å². The van der Waals surface area contributed by atoms with Gasteiger partial charge in [-0.25, -0.2) is 4.79 Å². The lowest BCUT2D eigenvalue weighted by molar-refractivity contribution is -0.141. The van der Waals surface area contributed by atoms with Gasteiger partial charge in [-0.2, -0.15) is 0 Å². The summed E-state index contributed by atoms with van der Waals surface area (Å²) >= 11 is 0. The normalized spacial score (nSPS) is 27.1. The molecule has 3 saturated carbocycles. The van der Waals surface area contributed by atoms with Crippen LogP contribution in [0, 0.1) is 52.3 Å². The lowest BCUT2D eigenvalue weighted by Gasteiger charge is -2.58. The summed E-state index contributed by atoms with van der Waals surface area (Å²) in [6.45, 7) is 14.0. The number of nitrogens with zero attached hydrogens (tertiary/aromatic N) is 1. The van der Waals surface area contributed by atoms with Crippen LogP contribution in [0.3, 0.4) is 0 Å². The first-order chi connectivity index (χ1) is 44.6. The number of amides is 6. The average Bonchev–Trinajstić information content (AvgIpc) is 1.69. The standard InChI is InChI=1S/C70H111N9O14/c1-6-47(7-2)21-20-46(3)54-24-25-55-53-23-22-50-43-52(26-30-69(50,4)56(53)27-31-70(54,55)5)93-68(89)75-34-38-92-37-33-73-61(82)29-36-91-40-39-90-35-28-51(80)18-12-9-13-19-57-60(81)42-49(17-14-32-74-67(71)72)64(86)76-45-62(83)77-59(44-63(84)85)66(88)79-58(65(87)78-57)41-48-15-10-8-11-16-48/h8,10-11,15-16,22,46-47,49,52-59H,6-7,9,12-14,17-21,23-45H2,1-5H3,(H,73,82)(H,75,89)(H,76,86)(H,77,83)(H,78,87)(H,79,88)(H,84,85)(H4,71,72,74)/t46-,49-,52+,53+,54?,55+,56+,57+,58-,59-,69+,70-/m1/s1. The molecule has 1 unspecified atom stereocenters. The molecule has 6 amide bonds. The number of hydrogen-bond donors (Lipinski definition) is 9. The Bertz CT molecular complexity index is 2670. The molecular weight excluding hydrogens is 1190 g/mol. The van der Waals surface area contributed by atoms with Crippen LogP contribution in [0.4, 0.5) is 4.79 Å². The van der Waals surface area contributed by atoms with Crippen molar-refractivity contribution in [3.8, 4) is 0 Å². The predicted molar refractivity (Wildman–Crippen MR) is 353 cm³/mol. The number of hydrogen-bond acceptors (Lipinski definition) is 14. The average molecular weight is 1300 g/mol. The molecule has 520 valence electrons. The summed E-state index contributed by atoms with van der Waals surface area (Å²) in [7, 11) is 0. The first-order valence-corrected chi connectivity index (χ1v) is 34.8. The molecular formula is C70H111N9O14. The van der Waals surface area contributed by atoms with Crippen LogP contribution in [0.15, 0.2) is 47.0 Å². The number of unbranched alkanes of at least 4 members (excludes halogenated alkanes) is 2. The monoisotopic (exact) mass is 1300 g/mol. The number of guanidine groups is 1. The lowest BCUT2D eigenvalue weighted by atomic mass is 9.47. The number of aliphatic carboxylic acids is 1. The van der Waals surface area contributed by atoms with Crippen molar-refractivity contribution in [1.82, 2.24) is 31.9 Å². The zero-order chi connectivity index (χ0) is 67.3. The quantitative estimate of drug-likeness (QED) is 0.0143. The number of rotatable bonds is 36. The van der Waals surface area contributed by atoms with E-state index >= 15 is 0 Å². The Labute approximate surface area is 551 Å². The highest BCUT2D eigenvalue weighted by molar-refractivity contribution is 5.98. The second kappa shape index (κ2) is 38.8. The maximum atomic E-state index is 14.1. The van der Waals surface area contributed by atoms with Gasteiger partial charge < -0.3 is 67.4 Å². The van der Waals surface area contributed by atoms with Gasteiger partial charge in [0.15, 0.2) is 11.7 Å². The van der Waals surface area contributed by atoms with Gasteiger partial charge in [0.25, 0.3) is 0 Å². The highest BCUT2D eigenvalue weighted by Crippen LogP contribution is 2.67. The van der Waals surface area contributed by atoms with Crippen molar-refractivity contribution in [1.29, 1.82) is 0 Å². The van der Waals surface area contributed by atoms with Crippen LogP contribution < -0.4 is 43.4 Å². The Morgan fingerprint density at radius 3 is 2.14 bits per heavy atom. The number of nitrogens with two attached hydrogens (primary N) is 2. The smallest absolute Gasteiger partial charge is 0.407 e. The topological polar surface area (TPSA) is 347 Å². The number of carboxylic acid groups (broad SMARTS) is 1. The van der Waals surface area contributed by atoms with E-state index in [1.54, 1.807) is 30.3 Å². The molecule has 0 aromatic heterocycles. The zero-order valence-corrected chi connectivity index (χ0v) is 56.2. The second-order valence-electron chi connectivity index (χ2n) is 27.3. The summed E-state index contributed by atoms with van der Waals surface area (Å²) in [5.41, 5.74) is 13.7. The number of Topliss-reactive ketones (excluding diaryl/α,β-unsaturated/α-hetero) is 2. The van der Waals surface area contributed by atoms with Crippen LogP contribution in [0.25, 0.3) is 0 Å². The predicted octanol–water partition coefficient (Wildman–Crippen LogP) is 6.91. The maximum absolute atomic E-state index is 14.1. The molecule has 1 saturated heterocycles. The van der Waals surface area contributed by atoms with Gasteiger partial charge >= 0.3 is 12.1 Å². The number of fused-ring (bicyclic) bond motifs is 5. The lowest BCUT2D eigenvalue weighted by Crippen LogP contribution is -2.57. The maximum Gasteiger partial charge on any atom is 0.407 e. The summed E-state index contributed by atoms with van der Waals surface area (Å²) in [5, 5.41) is 25.4. The van der Waals surface area contributed by atoms with E-state index in [-0.39, 0.29) is 120 Å². The first-order valence-electron chi connectivity index (χ1n) is 34.8. The van der Waals surface area contributed by atoms with E-state index in [9.17, 15) is 48.3 Å². The number of benzene rings is 1. The van der Waals surface area contributed by atoms with Gasteiger partial charge in [-0.3, -0.25) is 43.3 Å². The minimum absolute atomic E-state index is 0.0236. The Morgan fingerprint density at radius 1 is 0.720 bits per heavy atom. The second-order valence-corrected chi connectivity index (χ2v) is 27.3. The third-order valence-electron chi connectivity index (χ3n) is 21.1. The van der Waals surface area contributed by atoms with Crippen molar-refractivity contribution in [2.45, 2.75) is 213 Å². The van der Waals surface area contributed by atoms with Crippen LogP contribution in [-0.2, 0) is 63.7 Å².